The molecule has 3 aromatic rings. The second kappa shape index (κ2) is 6.60. The van der Waals surface area contributed by atoms with Gasteiger partial charge in [-0.3, -0.25) is 9.17 Å². The van der Waals surface area contributed by atoms with Crippen LogP contribution < -0.4 is 10.9 Å². The predicted molar refractivity (Wildman–Crippen MR) is 97.4 cm³/mol. The van der Waals surface area contributed by atoms with E-state index in [1.54, 1.807) is 6.07 Å². The van der Waals surface area contributed by atoms with Gasteiger partial charge in [-0.15, -0.1) is 0 Å². The molecule has 0 saturated carbocycles. The fraction of sp³-hybridized carbons (Fsp3) is 0.0625. The van der Waals surface area contributed by atoms with Crippen molar-refractivity contribution in [1.82, 2.24) is 4.37 Å². The van der Waals surface area contributed by atoms with Crippen molar-refractivity contribution in [2.45, 2.75) is 6.92 Å². The average molecular weight is 462 g/mol. The molecular weight excluding hydrogens is 452 g/mol. The molecule has 0 unspecified atom stereocenters. The number of rotatable bonds is 3. The summed E-state index contributed by atoms with van der Waals surface area (Å²) in [6, 6.07) is 7.49. The lowest BCUT2D eigenvalue weighted by atomic mass is 10.1. The van der Waals surface area contributed by atoms with E-state index in [4.69, 9.17) is 0 Å². The van der Waals surface area contributed by atoms with E-state index in [1.807, 2.05) is 19.1 Å². The largest absolute Gasteiger partial charge is 0.352 e. The van der Waals surface area contributed by atoms with Gasteiger partial charge in [0.25, 0.3) is 5.56 Å². The smallest absolute Gasteiger partial charge is 0.258 e. The Labute approximate surface area is 152 Å². The fourth-order valence-corrected chi connectivity index (χ4v) is 3.58. The topological polar surface area (TPSA) is 44.9 Å². The van der Waals surface area contributed by atoms with Gasteiger partial charge < -0.3 is 5.32 Å². The molecule has 0 aliphatic rings. The predicted octanol–water partition coefficient (Wildman–Crippen LogP) is 5.18. The van der Waals surface area contributed by atoms with Gasteiger partial charge in [-0.1, -0.05) is 11.5 Å². The summed E-state index contributed by atoms with van der Waals surface area (Å²) >= 11 is 3.06. The van der Waals surface area contributed by atoms with Crippen LogP contribution >= 0.6 is 34.1 Å². The van der Waals surface area contributed by atoms with Crippen LogP contribution in [0.5, 0.6) is 0 Å². The van der Waals surface area contributed by atoms with Crippen LogP contribution in [-0.2, 0) is 0 Å². The molecule has 0 aliphatic carbocycles. The minimum absolute atomic E-state index is 0.0766. The van der Waals surface area contributed by atoms with Crippen LogP contribution in [0, 0.1) is 27.9 Å². The number of aromatic nitrogens is 1. The van der Waals surface area contributed by atoms with E-state index in [0.29, 0.717) is 10.6 Å². The van der Waals surface area contributed by atoms with Crippen molar-refractivity contribution in [2.75, 3.05) is 5.32 Å². The van der Waals surface area contributed by atoms with Crippen molar-refractivity contribution < 1.29 is 13.2 Å². The van der Waals surface area contributed by atoms with Crippen LogP contribution in [0.4, 0.5) is 24.5 Å². The summed E-state index contributed by atoms with van der Waals surface area (Å²) in [4.78, 5) is 11.6. The number of aryl methyl sites for hydroxylation is 1. The van der Waals surface area contributed by atoms with Crippen LogP contribution in [0.2, 0.25) is 0 Å². The summed E-state index contributed by atoms with van der Waals surface area (Å²) in [6.45, 7) is 1.82. The summed E-state index contributed by atoms with van der Waals surface area (Å²) < 4.78 is 45.1. The van der Waals surface area contributed by atoms with E-state index in [1.165, 1.54) is 6.07 Å². The Bertz CT molecular complexity index is 984. The number of hydrogen-bond acceptors (Lipinski definition) is 3. The Kier molecular flexibility index (Phi) is 4.68. The van der Waals surface area contributed by atoms with Gasteiger partial charge >= 0.3 is 0 Å². The molecule has 3 rings (SSSR count). The Morgan fingerprint density at radius 2 is 1.88 bits per heavy atom. The van der Waals surface area contributed by atoms with Crippen LogP contribution in [0.1, 0.15) is 5.56 Å². The highest BCUT2D eigenvalue weighted by Crippen LogP contribution is 2.37. The highest BCUT2D eigenvalue weighted by atomic mass is 127. The molecule has 0 saturated heterocycles. The number of nitrogens with one attached hydrogen (secondary N) is 2. The standard InChI is InChI=1S/C16H10F3IN2OS/c1-7-4-8(20)2-3-11(7)21-16-9(12-6-13(23)22-24-12)5-10(17)14(18)15(16)19/h2-6,21H,1H3,(H,22,23). The molecule has 124 valence electrons. The van der Waals surface area contributed by atoms with Crippen molar-refractivity contribution in [1.29, 1.82) is 0 Å². The van der Waals surface area contributed by atoms with Gasteiger partial charge in [0.2, 0.25) is 0 Å². The number of halogens is 4. The maximum Gasteiger partial charge on any atom is 0.258 e. The van der Waals surface area contributed by atoms with Gasteiger partial charge in [-0.05, 0) is 59.3 Å². The zero-order valence-electron chi connectivity index (χ0n) is 12.2. The normalized spacial score (nSPS) is 10.9. The summed E-state index contributed by atoms with van der Waals surface area (Å²) in [6.07, 6.45) is 0. The van der Waals surface area contributed by atoms with E-state index in [2.05, 4.69) is 32.3 Å². The number of aromatic amines is 1. The lowest BCUT2D eigenvalue weighted by molar-refractivity contribution is 0.450. The molecule has 0 spiro atoms. The van der Waals surface area contributed by atoms with Gasteiger partial charge in [0.1, 0.15) is 0 Å². The van der Waals surface area contributed by atoms with Crippen LogP contribution in [0.25, 0.3) is 10.4 Å². The maximum atomic E-state index is 14.3. The Hall–Kier alpha value is -1.81. The lowest BCUT2D eigenvalue weighted by Crippen LogP contribution is -2.03. The van der Waals surface area contributed by atoms with Gasteiger partial charge in [0.15, 0.2) is 17.5 Å². The summed E-state index contributed by atoms with van der Waals surface area (Å²) in [7, 11) is 0. The number of hydrogen-bond donors (Lipinski definition) is 2. The molecule has 0 radical (unpaired) electrons. The quantitative estimate of drug-likeness (QED) is 0.417. The van der Waals surface area contributed by atoms with E-state index < -0.39 is 23.0 Å². The summed E-state index contributed by atoms with van der Waals surface area (Å²) in [5.74, 6) is -4.20. The van der Waals surface area contributed by atoms with Gasteiger partial charge in [0, 0.05) is 20.9 Å². The minimum Gasteiger partial charge on any atom is -0.352 e. The maximum absolute atomic E-state index is 14.3. The molecule has 8 heteroatoms. The first-order chi connectivity index (χ1) is 11.4. The van der Waals surface area contributed by atoms with Gasteiger partial charge in [-0.2, -0.15) is 0 Å². The Morgan fingerprint density at radius 3 is 2.50 bits per heavy atom. The highest BCUT2D eigenvalue weighted by molar-refractivity contribution is 14.1. The zero-order valence-corrected chi connectivity index (χ0v) is 15.2. The van der Waals surface area contributed by atoms with Gasteiger partial charge in [-0.25, -0.2) is 13.2 Å². The van der Waals surface area contributed by atoms with E-state index in [-0.39, 0.29) is 11.3 Å². The van der Waals surface area contributed by atoms with Crippen molar-refractivity contribution in [3.05, 3.63) is 67.3 Å². The molecule has 0 aliphatic heterocycles. The average Bonchev–Trinajstić information content (AvgIpc) is 2.96. The van der Waals surface area contributed by atoms with Gasteiger partial charge in [0.05, 0.1) is 10.6 Å². The summed E-state index contributed by atoms with van der Waals surface area (Å²) in [5.41, 5.74) is 0.849. The third kappa shape index (κ3) is 3.20. The second-order valence-electron chi connectivity index (χ2n) is 5.07. The SMILES string of the molecule is Cc1cc(I)ccc1Nc1c(-c2cc(=O)[nH]s2)cc(F)c(F)c1F. The van der Waals surface area contributed by atoms with E-state index in [9.17, 15) is 18.0 Å². The first-order valence-corrected chi connectivity index (χ1v) is 8.66. The molecule has 1 aromatic heterocycles. The number of H-pyrrole nitrogens is 1. The van der Waals surface area contributed by atoms with Crippen molar-refractivity contribution >= 4 is 45.5 Å². The molecule has 24 heavy (non-hydrogen) atoms. The van der Waals surface area contributed by atoms with Crippen LogP contribution in [0.3, 0.4) is 0 Å². The van der Waals surface area contributed by atoms with E-state index in [0.717, 1.165) is 26.7 Å². The van der Waals surface area contributed by atoms with E-state index >= 15 is 0 Å². The lowest BCUT2D eigenvalue weighted by Gasteiger charge is -2.15. The molecule has 0 amide bonds. The van der Waals surface area contributed by atoms with Crippen molar-refractivity contribution in [3.8, 4) is 10.4 Å². The summed E-state index contributed by atoms with van der Waals surface area (Å²) in [5, 5.41) is 2.82. The second-order valence-corrected chi connectivity index (χ2v) is 7.16. The number of anilines is 2. The monoisotopic (exact) mass is 462 g/mol. The highest BCUT2D eigenvalue weighted by Gasteiger charge is 2.21. The first kappa shape index (κ1) is 17.0. The van der Waals surface area contributed by atoms with Crippen molar-refractivity contribution in [2.24, 2.45) is 0 Å². The molecule has 3 nitrogen and oxygen atoms in total. The van der Waals surface area contributed by atoms with Crippen molar-refractivity contribution in [3.63, 3.8) is 0 Å². The third-order valence-electron chi connectivity index (χ3n) is 3.40. The number of benzene rings is 2. The molecule has 0 atom stereocenters. The molecule has 0 bridgehead atoms. The molecule has 2 N–H and O–H groups in total. The fourth-order valence-electron chi connectivity index (χ4n) is 2.23. The molecule has 2 aromatic carbocycles. The zero-order chi connectivity index (χ0) is 17.4. The van der Waals surface area contributed by atoms with Crippen LogP contribution in [-0.4, -0.2) is 4.37 Å². The first-order valence-electron chi connectivity index (χ1n) is 6.76. The molecular formula is C16H10F3IN2OS. The van der Waals surface area contributed by atoms with Crippen LogP contribution in [0.15, 0.2) is 35.1 Å². The Balaban J connectivity index is 2.18. The third-order valence-corrected chi connectivity index (χ3v) is 4.93. The Morgan fingerprint density at radius 1 is 1.12 bits per heavy atom. The minimum atomic E-state index is -1.56. The molecule has 1 heterocycles. The molecule has 0 fully saturated rings.